The highest BCUT2D eigenvalue weighted by molar-refractivity contribution is 5.91. The number of hydrogen-bond donors (Lipinski definition) is 1. The van der Waals surface area contributed by atoms with Gasteiger partial charge in [0.1, 0.15) is 5.92 Å². The van der Waals surface area contributed by atoms with Gasteiger partial charge in [0, 0.05) is 0 Å². The van der Waals surface area contributed by atoms with E-state index in [0.29, 0.717) is 0 Å². The topological polar surface area (TPSA) is 72.8 Å². The lowest BCUT2D eigenvalue weighted by Crippen LogP contribution is -2.48. The Bertz CT molecular complexity index is 331. The summed E-state index contributed by atoms with van der Waals surface area (Å²) in [6, 6.07) is 0. The standard InChI is InChI=1S/C10H12O5/c1-14-8(11)7-5-3-4-6-10(7,13)9(12)15-2/h3-7,13H,1-2H3. The molecular formula is C10H12O5. The van der Waals surface area contributed by atoms with Gasteiger partial charge in [-0.05, 0) is 6.08 Å². The number of esters is 2. The van der Waals surface area contributed by atoms with Crippen molar-refractivity contribution < 1.29 is 24.2 Å². The third-order valence-electron chi connectivity index (χ3n) is 2.21. The normalized spacial score (nSPS) is 28.6. The van der Waals surface area contributed by atoms with Crippen molar-refractivity contribution in [1.82, 2.24) is 0 Å². The molecule has 0 aromatic heterocycles. The van der Waals surface area contributed by atoms with Gasteiger partial charge in [-0.25, -0.2) is 4.79 Å². The Balaban J connectivity index is 3.04. The summed E-state index contributed by atoms with van der Waals surface area (Å²) < 4.78 is 8.92. The molecule has 1 aliphatic carbocycles. The molecular weight excluding hydrogens is 200 g/mol. The average molecular weight is 212 g/mol. The van der Waals surface area contributed by atoms with Crippen molar-refractivity contribution in [2.75, 3.05) is 14.2 Å². The Morgan fingerprint density at radius 2 is 1.93 bits per heavy atom. The Hall–Kier alpha value is -1.62. The van der Waals surface area contributed by atoms with Crippen LogP contribution >= 0.6 is 0 Å². The molecule has 2 atom stereocenters. The summed E-state index contributed by atoms with van der Waals surface area (Å²) in [6.45, 7) is 0. The van der Waals surface area contributed by atoms with Crippen molar-refractivity contribution in [3.8, 4) is 0 Å². The van der Waals surface area contributed by atoms with Crippen LogP contribution in [-0.2, 0) is 19.1 Å². The minimum atomic E-state index is -1.98. The lowest BCUT2D eigenvalue weighted by molar-refractivity contribution is -0.169. The van der Waals surface area contributed by atoms with E-state index in [2.05, 4.69) is 9.47 Å². The maximum Gasteiger partial charge on any atom is 0.343 e. The zero-order valence-corrected chi connectivity index (χ0v) is 8.47. The zero-order chi connectivity index (χ0) is 11.5. The number of ether oxygens (including phenoxy) is 2. The highest BCUT2D eigenvalue weighted by Crippen LogP contribution is 2.27. The molecule has 82 valence electrons. The second-order valence-corrected chi connectivity index (χ2v) is 3.06. The number of methoxy groups -OCH3 is 2. The van der Waals surface area contributed by atoms with Gasteiger partial charge in [0.15, 0.2) is 5.60 Å². The molecule has 5 nitrogen and oxygen atoms in total. The third-order valence-corrected chi connectivity index (χ3v) is 2.21. The Labute approximate surface area is 87.0 Å². The van der Waals surface area contributed by atoms with E-state index in [1.54, 1.807) is 6.08 Å². The van der Waals surface area contributed by atoms with E-state index in [-0.39, 0.29) is 0 Å². The van der Waals surface area contributed by atoms with Gasteiger partial charge in [0.25, 0.3) is 0 Å². The first-order chi connectivity index (χ1) is 7.06. The lowest BCUT2D eigenvalue weighted by Gasteiger charge is -2.28. The highest BCUT2D eigenvalue weighted by Gasteiger charge is 2.47. The molecule has 0 aliphatic heterocycles. The lowest BCUT2D eigenvalue weighted by atomic mass is 9.84. The first-order valence-corrected chi connectivity index (χ1v) is 4.31. The van der Waals surface area contributed by atoms with Crippen LogP contribution in [0, 0.1) is 5.92 Å². The fraction of sp³-hybridized carbons (Fsp3) is 0.400. The summed E-state index contributed by atoms with van der Waals surface area (Å²) in [5.41, 5.74) is -1.98. The monoisotopic (exact) mass is 212 g/mol. The zero-order valence-electron chi connectivity index (χ0n) is 8.47. The highest BCUT2D eigenvalue weighted by atomic mass is 16.5. The molecule has 0 fully saturated rings. The van der Waals surface area contributed by atoms with Gasteiger partial charge in [-0.2, -0.15) is 0 Å². The quantitative estimate of drug-likeness (QED) is 0.642. The van der Waals surface area contributed by atoms with Crippen LogP contribution in [0.4, 0.5) is 0 Å². The van der Waals surface area contributed by atoms with Gasteiger partial charge >= 0.3 is 11.9 Å². The van der Waals surface area contributed by atoms with Crippen LogP contribution in [0.5, 0.6) is 0 Å². The van der Waals surface area contributed by atoms with Crippen LogP contribution in [0.15, 0.2) is 24.3 Å². The maximum atomic E-state index is 11.4. The summed E-state index contributed by atoms with van der Waals surface area (Å²) in [5, 5.41) is 9.99. The van der Waals surface area contributed by atoms with Gasteiger partial charge in [-0.15, -0.1) is 0 Å². The molecule has 0 amide bonds. The SMILES string of the molecule is COC(=O)C1C=CC=CC1(O)C(=O)OC. The summed E-state index contributed by atoms with van der Waals surface area (Å²) >= 11 is 0. The van der Waals surface area contributed by atoms with Crippen LogP contribution in [-0.4, -0.2) is 36.9 Å². The number of carbonyl (C=O) groups is 2. The fourth-order valence-corrected chi connectivity index (χ4v) is 1.37. The molecule has 0 aromatic rings. The molecule has 15 heavy (non-hydrogen) atoms. The molecule has 0 radical (unpaired) electrons. The van der Waals surface area contributed by atoms with Crippen molar-refractivity contribution in [1.29, 1.82) is 0 Å². The Morgan fingerprint density at radius 1 is 1.27 bits per heavy atom. The van der Waals surface area contributed by atoms with Crippen LogP contribution in [0.3, 0.4) is 0 Å². The van der Waals surface area contributed by atoms with Gasteiger partial charge in [0.2, 0.25) is 0 Å². The number of carbonyl (C=O) groups excluding carboxylic acids is 2. The largest absolute Gasteiger partial charge is 0.468 e. The summed E-state index contributed by atoms with van der Waals surface area (Å²) in [4.78, 5) is 22.7. The van der Waals surface area contributed by atoms with Crippen molar-refractivity contribution in [3.63, 3.8) is 0 Å². The van der Waals surface area contributed by atoms with E-state index >= 15 is 0 Å². The molecule has 0 bridgehead atoms. The van der Waals surface area contributed by atoms with Crippen molar-refractivity contribution in [2.45, 2.75) is 5.60 Å². The van der Waals surface area contributed by atoms with Gasteiger partial charge in [-0.1, -0.05) is 18.2 Å². The molecule has 1 aliphatic rings. The smallest absolute Gasteiger partial charge is 0.343 e. The molecule has 0 heterocycles. The van der Waals surface area contributed by atoms with E-state index in [1.165, 1.54) is 25.3 Å². The number of aliphatic hydroxyl groups is 1. The Morgan fingerprint density at radius 3 is 2.47 bits per heavy atom. The van der Waals surface area contributed by atoms with E-state index in [4.69, 9.17) is 0 Å². The van der Waals surface area contributed by atoms with Gasteiger partial charge in [0.05, 0.1) is 14.2 Å². The van der Waals surface area contributed by atoms with E-state index in [1.807, 2.05) is 0 Å². The number of rotatable bonds is 2. The van der Waals surface area contributed by atoms with Crippen molar-refractivity contribution in [2.24, 2.45) is 5.92 Å². The Kier molecular flexibility index (Phi) is 3.26. The molecule has 5 heteroatoms. The van der Waals surface area contributed by atoms with Crippen LogP contribution in [0.25, 0.3) is 0 Å². The third kappa shape index (κ3) is 1.92. The number of allylic oxidation sites excluding steroid dienone is 2. The van der Waals surface area contributed by atoms with E-state index in [0.717, 1.165) is 7.11 Å². The van der Waals surface area contributed by atoms with Crippen LogP contribution in [0.2, 0.25) is 0 Å². The van der Waals surface area contributed by atoms with Gasteiger partial charge in [-0.3, -0.25) is 4.79 Å². The molecule has 0 saturated heterocycles. The first-order valence-electron chi connectivity index (χ1n) is 4.31. The van der Waals surface area contributed by atoms with Crippen LogP contribution < -0.4 is 0 Å². The molecule has 1 rings (SSSR count). The minimum Gasteiger partial charge on any atom is -0.468 e. The first kappa shape index (κ1) is 11.5. The fourth-order valence-electron chi connectivity index (χ4n) is 1.37. The predicted molar refractivity (Wildman–Crippen MR) is 50.8 cm³/mol. The van der Waals surface area contributed by atoms with Crippen molar-refractivity contribution >= 4 is 11.9 Å². The predicted octanol–water partition coefficient (Wildman–Crippen LogP) is -0.194. The minimum absolute atomic E-state index is 0.691. The summed E-state index contributed by atoms with van der Waals surface area (Å²) in [6.07, 6.45) is 5.62. The second kappa shape index (κ2) is 4.27. The molecule has 0 aromatic carbocycles. The van der Waals surface area contributed by atoms with Crippen molar-refractivity contribution in [3.05, 3.63) is 24.3 Å². The maximum absolute atomic E-state index is 11.4. The molecule has 1 N–H and O–H groups in total. The second-order valence-electron chi connectivity index (χ2n) is 3.06. The van der Waals surface area contributed by atoms with Gasteiger partial charge < -0.3 is 14.6 Å². The number of hydrogen-bond acceptors (Lipinski definition) is 5. The van der Waals surface area contributed by atoms with E-state index in [9.17, 15) is 14.7 Å². The molecule has 2 unspecified atom stereocenters. The summed E-state index contributed by atoms with van der Waals surface area (Å²) in [5.74, 6) is -2.65. The summed E-state index contributed by atoms with van der Waals surface area (Å²) in [7, 11) is 2.33. The van der Waals surface area contributed by atoms with E-state index < -0.39 is 23.5 Å². The molecule has 0 spiro atoms. The van der Waals surface area contributed by atoms with Crippen LogP contribution in [0.1, 0.15) is 0 Å². The molecule has 0 saturated carbocycles. The average Bonchev–Trinajstić information content (AvgIpc) is 2.27.